The number of hydrogen-bond acceptors (Lipinski definition) is 1. The molecule has 0 heterocycles. The van der Waals surface area contributed by atoms with Gasteiger partial charge in [0.15, 0.2) is 0 Å². The van der Waals surface area contributed by atoms with Crippen LogP contribution in [-0.2, 0) is 0 Å². The van der Waals surface area contributed by atoms with Crippen molar-refractivity contribution in [2.75, 3.05) is 5.75 Å². The topological polar surface area (TPSA) is 0 Å². The van der Waals surface area contributed by atoms with Crippen LogP contribution in [0.3, 0.4) is 0 Å². The van der Waals surface area contributed by atoms with E-state index in [1.807, 2.05) is 0 Å². The second kappa shape index (κ2) is 5.06. The Morgan fingerprint density at radius 2 is 2.00 bits per heavy atom. The lowest BCUT2D eigenvalue weighted by Crippen LogP contribution is -1.94. The molecule has 0 saturated heterocycles. The summed E-state index contributed by atoms with van der Waals surface area (Å²) in [6.45, 7) is 3.84. The Kier molecular flexibility index (Phi) is 4.27. The molecule has 1 fully saturated rings. The minimum Gasteiger partial charge on any atom is -0.159 e. The average molecular weight is 157 g/mol. The Balaban J connectivity index is 1.91. The first-order valence-corrected chi connectivity index (χ1v) is 5.39. The third kappa shape index (κ3) is 2.96. The van der Waals surface area contributed by atoms with Crippen molar-refractivity contribution in [2.45, 2.75) is 43.8 Å². The lowest BCUT2D eigenvalue weighted by Gasteiger charge is -2.06. The van der Waals surface area contributed by atoms with Gasteiger partial charge in [-0.1, -0.05) is 26.2 Å². The van der Waals surface area contributed by atoms with Crippen LogP contribution in [0.2, 0.25) is 0 Å². The maximum Gasteiger partial charge on any atom is 0.00470 e. The van der Waals surface area contributed by atoms with Gasteiger partial charge >= 0.3 is 0 Å². The molecule has 0 unspecified atom stereocenters. The van der Waals surface area contributed by atoms with Crippen LogP contribution in [0.15, 0.2) is 0 Å². The lowest BCUT2D eigenvalue weighted by molar-refractivity contribution is 0.886. The lowest BCUT2D eigenvalue weighted by atomic mass is 10.4. The van der Waals surface area contributed by atoms with E-state index in [2.05, 4.69) is 18.7 Å². The van der Waals surface area contributed by atoms with Gasteiger partial charge in [-0.3, -0.25) is 0 Å². The minimum atomic E-state index is 1.01. The van der Waals surface area contributed by atoms with Gasteiger partial charge in [0, 0.05) is 5.25 Å². The Labute approximate surface area is 68.8 Å². The average Bonchev–Trinajstić information content (AvgIpc) is 2.41. The van der Waals surface area contributed by atoms with E-state index in [0.717, 1.165) is 11.7 Å². The molecule has 0 atom stereocenters. The van der Waals surface area contributed by atoms with Crippen LogP contribution in [0.1, 0.15) is 38.5 Å². The highest BCUT2D eigenvalue weighted by Gasteiger charge is 2.13. The van der Waals surface area contributed by atoms with Crippen molar-refractivity contribution in [3.63, 3.8) is 0 Å². The highest BCUT2D eigenvalue weighted by atomic mass is 32.2. The van der Waals surface area contributed by atoms with E-state index in [-0.39, 0.29) is 0 Å². The molecule has 1 saturated carbocycles. The molecule has 1 heteroatoms. The van der Waals surface area contributed by atoms with Gasteiger partial charge in [-0.15, -0.1) is 0 Å². The van der Waals surface area contributed by atoms with Crippen LogP contribution < -0.4 is 0 Å². The monoisotopic (exact) mass is 157 g/mol. The molecule has 59 valence electrons. The SMILES string of the molecule is [CH2]CCCSC1CCCC1. The standard InChI is InChI=1S/C9H17S/c1-2-3-8-10-9-6-4-5-7-9/h9H,1-8H2. The van der Waals surface area contributed by atoms with Gasteiger partial charge in [-0.05, 0) is 25.0 Å². The van der Waals surface area contributed by atoms with E-state index >= 15 is 0 Å². The molecule has 0 nitrogen and oxygen atoms in total. The summed E-state index contributed by atoms with van der Waals surface area (Å²) in [5, 5.41) is 1.01. The second-order valence-electron chi connectivity index (χ2n) is 2.98. The molecule has 1 aliphatic rings. The number of thioether (sulfide) groups is 1. The van der Waals surface area contributed by atoms with Crippen LogP contribution in [0.4, 0.5) is 0 Å². The smallest absolute Gasteiger partial charge is 0.00470 e. The molecule has 0 amide bonds. The first-order chi connectivity index (χ1) is 4.93. The van der Waals surface area contributed by atoms with Gasteiger partial charge in [-0.2, -0.15) is 11.8 Å². The molecule has 0 bridgehead atoms. The summed E-state index contributed by atoms with van der Waals surface area (Å²) in [6.07, 6.45) is 8.31. The van der Waals surface area contributed by atoms with Gasteiger partial charge in [0.2, 0.25) is 0 Å². The zero-order valence-corrected chi connectivity index (χ0v) is 7.46. The van der Waals surface area contributed by atoms with E-state index in [9.17, 15) is 0 Å². The maximum absolute atomic E-state index is 3.84. The summed E-state index contributed by atoms with van der Waals surface area (Å²) < 4.78 is 0. The van der Waals surface area contributed by atoms with Crippen molar-refractivity contribution in [1.29, 1.82) is 0 Å². The van der Waals surface area contributed by atoms with E-state index < -0.39 is 0 Å². The van der Waals surface area contributed by atoms with Crippen molar-refractivity contribution in [3.8, 4) is 0 Å². The molecule has 0 aliphatic heterocycles. The Bertz CT molecular complexity index is 74.8. The summed E-state index contributed by atoms with van der Waals surface area (Å²) >= 11 is 2.17. The van der Waals surface area contributed by atoms with E-state index in [1.165, 1.54) is 37.9 Å². The summed E-state index contributed by atoms with van der Waals surface area (Å²) in [7, 11) is 0. The molecule has 0 aromatic rings. The minimum absolute atomic E-state index is 1.01. The molecule has 10 heavy (non-hydrogen) atoms. The van der Waals surface area contributed by atoms with Crippen molar-refractivity contribution in [2.24, 2.45) is 0 Å². The number of rotatable bonds is 4. The predicted octanol–water partition coefficient (Wildman–Crippen LogP) is 3.28. The van der Waals surface area contributed by atoms with Gasteiger partial charge in [0.1, 0.15) is 0 Å². The zero-order chi connectivity index (χ0) is 7.23. The fourth-order valence-electron chi connectivity index (χ4n) is 1.41. The summed E-state index contributed by atoms with van der Waals surface area (Å²) in [5.41, 5.74) is 0. The quantitative estimate of drug-likeness (QED) is 0.564. The Hall–Kier alpha value is 0.350. The van der Waals surface area contributed by atoms with Crippen molar-refractivity contribution in [3.05, 3.63) is 6.92 Å². The molecule has 0 aromatic heterocycles. The van der Waals surface area contributed by atoms with Crippen LogP contribution in [0.5, 0.6) is 0 Å². The van der Waals surface area contributed by atoms with Gasteiger partial charge in [-0.25, -0.2) is 0 Å². The van der Waals surface area contributed by atoms with E-state index in [1.54, 1.807) is 0 Å². The van der Waals surface area contributed by atoms with Crippen molar-refractivity contribution < 1.29 is 0 Å². The molecule has 0 spiro atoms. The zero-order valence-electron chi connectivity index (χ0n) is 6.64. The molecular weight excluding hydrogens is 140 g/mol. The Morgan fingerprint density at radius 1 is 1.30 bits per heavy atom. The van der Waals surface area contributed by atoms with E-state index in [0.29, 0.717) is 0 Å². The van der Waals surface area contributed by atoms with Crippen molar-refractivity contribution in [1.82, 2.24) is 0 Å². The molecule has 0 aromatic carbocycles. The van der Waals surface area contributed by atoms with Crippen molar-refractivity contribution >= 4 is 11.8 Å². The van der Waals surface area contributed by atoms with Crippen LogP contribution in [-0.4, -0.2) is 11.0 Å². The molecule has 0 N–H and O–H groups in total. The fourth-order valence-corrected chi connectivity index (χ4v) is 2.78. The third-order valence-corrected chi connectivity index (χ3v) is 3.52. The van der Waals surface area contributed by atoms with E-state index in [4.69, 9.17) is 0 Å². The normalized spacial score (nSPS) is 20.1. The highest BCUT2D eigenvalue weighted by Crippen LogP contribution is 2.29. The molecule has 1 aliphatic carbocycles. The number of unbranched alkanes of at least 4 members (excludes halogenated alkanes) is 1. The summed E-state index contributed by atoms with van der Waals surface area (Å²) in [5.74, 6) is 1.34. The molecular formula is C9H17S. The molecule has 1 radical (unpaired) electrons. The molecule has 1 rings (SSSR count). The highest BCUT2D eigenvalue weighted by molar-refractivity contribution is 7.99. The van der Waals surface area contributed by atoms with Crippen LogP contribution in [0, 0.1) is 6.92 Å². The van der Waals surface area contributed by atoms with Gasteiger partial charge in [0.25, 0.3) is 0 Å². The summed E-state index contributed by atoms with van der Waals surface area (Å²) in [4.78, 5) is 0. The summed E-state index contributed by atoms with van der Waals surface area (Å²) in [6, 6.07) is 0. The number of hydrogen-bond donors (Lipinski definition) is 0. The van der Waals surface area contributed by atoms with Gasteiger partial charge in [0.05, 0.1) is 0 Å². The van der Waals surface area contributed by atoms with Gasteiger partial charge < -0.3 is 0 Å². The first kappa shape index (κ1) is 8.45. The first-order valence-electron chi connectivity index (χ1n) is 4.34. The predicted molar refractivity (Wildman–Crippen MR) is 49.3 cm³/mol. The fraction of sp³-hybridized carbons (Fsp3) is 0.889. The second-order valence-corrected chi connectivity index (χ2v) is 4.39. The van der Waals surface area contributed by atoms with Crippen LogP contribution in [0.25, 0.3) is 0 Å². The Morgan fingerprint density at radius 3 is 2.60 bits per heavy atom. The maximum atomic E-state index is 3.84. The third-order valence-electron chi connectivity index (χ3n) is 2.05. The van der Waals surface area contributed by atoms with Crippen LogP contribution >= 0.6 is 11.8 Å². The largest absolute Gasteiger partial charge is 0.159 e.